The SMILES string of the molecule is CCC(CC)(c1ccc(CSC(C)(C)C)c(C)c1)c1ccc(OC[C@H](C)OC(C)=O)c(C)c1. The van der Waals surface area contributed by atoms with Gasteiger partial charge in [-0.05, 0) is 67.5 Å². The summed E-state index contributed by atoms with van der Waals surface area (Å²) in [5, 5.41) is 0. The predicted molar refractivity (Wildman–Crippen MR) is 141 cm³/mol. The van der Waals surface area contributed by atoms with Crippen molar-refractivity contribution in [2.24, 2.45) is 0 Å². The van der Waals surface area contributed by atoms with Crippen LogP contribution in [0.25, 0.3) is 0 Å². The minimum absolute atomic E-state index is 0.0330. The Morgan fingerprint density at radius 1 is 0.970 bits per heavy atom. The van der Waals surface area contributed by atoms with Gasteiger partial charge in [-0.2, -0.15) is 11.8 Å². The number of thioether (sulfide) groups is 1. The first-order valence-electron chi connectivity index (χ1n) is 12.1. The molecule has 0 spiro atoms. The highest BCUT2D eigenvalue weighted by molar-refractivity contribution is 7.99. The van der Waals surface area contributed by atoms with E-state index in [1.807, 2.05) is 18.7 Å². The van der Waals surface area contributed by atoms with Crippen molar-refractivity contribution in [3.8, 4) is 5.75 Å². The van der Waals surface area contributed by atoms with Crippen molar-refractivity contribution in [2.75, 3.05) is 6.61 Å². The van der Waals surface area contributed by atoms with Gasteiger partial charge in [-0.25, -0.2) is 0 Å². The monoisotopic (exact) mass is 470 g/mol. The third kappa shape index (κ3) is 7.27. The van der Waals surface area contributed by atoms with Crippen molar-refractivity contribution < 1.29 is 14.3 Å². The summed E-state index contributed by atoms with van der Waals surface area (Å²) in [5.74, 6) is 1.59. The molecule has 0 aliphatic carbocycles. The fraction of sp³-hybridized carbons (Fsp3) is 0.552. The Morgan fingerprint density at radius 2 is 1.55 bits per heavy atom. The minimum atomic E-state index is -0.285. The highest BCUT2D eigenvalue weighted by Crippen LogP contribution is 2.41. The molecule has 33 heavy (non-hydrogen) atoms. The number of aryl methyl sites for hydroxylation is 2. The van der Waals surface area contributed by atoms with Gasteiger partial charge in [0.25, 0.3) is 0 Å². The second-order valence-electron chi connectivity index (χ2n) is 10.0. The van der Waals surface area contributed by atoms with Gasteiger partial charge in [-0.15, -0.1) is 0 Å². The molecule has 2 aromatic carbocycles. The van der Waals surface area contributed by atoms with E-state index in [2.05, 4.69) is 84.9 Å². The van der Waals surface area contributed by atoms with Gasteiger partial charge in [0.05, 0.1) is 0 Å². The average Bonchev–Trinajstić information content (AvgIpc) is 2.72. The number of benzene rings is 2. The Balaban J connectivity index is 2.30. The number of hydrogen-bond donors (Lipinski definition) is 0. The van der Waals surface area contributed by atoms with Gasteiger partial charge in [0.15, 0.2) is 0 Å². The smallest absolute Gasteiger partial charge is 0.303 e. The summed E-state index contributed by atoms with van der Waals surface area (Å²) in [7, 11) is 0. The Morgan fingerprint density at radius 3 is 2.03 bits per heavy atom. The molecular weight excluding hydrogens is 428 g/mol. The summed E-state index contributed by atoms with van der Waals surface area (Å²) in [6, 6.07) is 13.6. The number of hydrogen-bond acceptors (Lipinski definition) is 4. The lowest BCUT2D eigenvalue weighted by atomic mass is 9.70. The number of carbonyl (C=O) groups excluding carboxylic acids is 1. The maximum atomic E-state index is 11.1. The number of esters is 1. The van der Waals surface area contributed by atoms with E-state index in [9.17, 15) is 4.79 Å². The van der Waals surface area contributed by atoms with Crippen molar-refractivity contribution in [3.05, 3.63) is 64.2 Å². The highest BCUT2D eigenvalue weighted by atomic mass is 32.2. The molecule has 0 fully saturated rings. The third-order valence-electron chi connectivity index (χ3n) is 6.33. The van der Waals surface area contributed by atoms with Crippen molar-refractivity contribution in [1.82, 2.24) is 0 Å². The normalized spacial score (nSPS) is 13.0. The lowest BCUT2D eigenvalue weighted by molar-refractivity contribution is -0.146. The highest BCUT2D eigenvalue weighted by Gasteiger charge is 2.31. The van der Waals surface area contributed by atoms with Crippen molar-refractivity contribution in [3.63, 3.8) is 0 Å². The number of carbonyl (C=O) groups is 1. The van der Waals surface area contributed by atoms with Gasteiger partial charge in [0.2, 0.25) is 0 Å². The molecule has 0 saturated carbocycles. The Hall–Kier alpha value is -1.94. The molecular formula is C29H42O3S. The molecule has 2 aromatic rings. The zero-order chi connectivity index (χ0) is 24.8. The summed E-state index contributed by atoms with van der Waals surface area (Å²) in [4.78, 5) is 11.1. The average molecular weight is 471 g/mol. The molecule has 0 aromatic heterocycles. The van der Waals surface area contributed by atoms with Crippen molar-refractivity contribution in [1.29, 1.82) is 0 Å². The summed E-state index contributed by atoms with van der Waals surface area (Å²) >= 11 is 1.99. The predicted octanol–water partition coefficient (Wildman–Crippen LogP) is 7.77. The van der Waals surface area contributed by atoms with Gasteiger partial charge < -0.3 is 9.47 Å². The molecule has 182 valence electrons. The van der Waals surface area contributed by atoms with E-state index in [0.29, 0.717) is 6.61 Å². The lowest BCUT2D eigenvalue weighted by Gasteiger charge is -2.34. The minimum Gasteiger partial charge on any atom is -0.489 e. The first-order chi connectivity index (χ1) is 15.4. The van der Waals surface area contributed by atoms with Gasteiger partial charge in [0, 0.05) is 22.8 Å². The van der Waals surface area contributed by atoms with E-state index in [0.717, 1.165) is 29.9 Å². The van der Waals surface area contributed by atoms with Crippen LogP contribution in [-0.4, -0.2) is 23.4 Å². The zero-order valence-corrected chi connectivity index (χ0v) is 22.8. The molecule has 1 atom stereocenters. The summed E-state index contributed by atoms with van der Waals surface area (Å²) in [5.41, 5.74) is 6.55. The Kier molecular flexibility index (Phi) is 9.48. The van der Waals surface area contributed by atoms with E-state index in [1.165, 1.54) is 29.2 Å². The molecule has 0 radical (unpaired) electrons. The maximum absolute atomic E-state index is 11.1. The molecule has 0 saturated heterocycles. The molecule has 0 N–H and O–H groups in total. The molecule has 4 heteroatoms. The first-order valence-corrected chi connectivity index (χ1v) is 13.1. The van der Waals surface area contributed by atoms with E-state index < -0.39 is 0 Å². The molecule has 3 nitrogen and oxygen atoms in total. The Bertz CT molecular complexity index is 938. The molecule has 0 bridgehead atoms. The van der Waals surface area contributed by atoms with Gasteiger partial charge in [-0.3, -0.25) is 4.79 Å². The quantitative estimate of drug-likeness (QED) is 0.332. The number of ether oxygens (including phenoxy) is 2. The summed E-state index contributed by atoms with van der Waals surface area (Å²) < 4.78 is 11.4. The molecule has 0 aliphatic heterocycles. The van der Waals surface area contributed by atoms with Crippen LogP contribution in [0.3, 0.4) is 0 Å². The fourth-order valence-electron chi connectivity index (χ4n) is 4.32. The van der Waals surface area contributed by atoms with Crippen LogP contribution >= 0.6 is 11.8 Å². The van der Waals surface area contributed by atoms with Crippen LogP contribution in [0.15, 0.2) is 36.4 Å². The van der Waals surface area contributed by atoms with Crippen LogP contribution in [0.2, 0.25) is 0 Å². The van der Waals surface area contributed by atoms with Crippen LogP contribution in [0.5, 0.6) is 5.75 Å². The lowest BCUT2D eigenvalue weighted by Crippen LogP contribution is -2.26. The van der Waals surface area contributed by atoms with E-state index in [-0.39, 0.29) is 22.2 Å². The number of rotatable bonds is 10. The van der Waals surface area contributed by atoms with Crippen LogP contribution in [-0.2, 0) is 20.7 Å². The van der Waals surface area contributed by atoms with Gasteiger partial charge >= 0.3 is 5.97 Å². The summed E-state index contributed by atoms with van der Waals surface area (Å²) in [6.07, 6.45) is 1.79. The Labute approximate surface area is 205 Å². The van der Waals surface area contributed by atoms with E-state index in [1.54, 1.807) is 0 Å². The molecule has 0 amide bonds. The zero-order valence-electron chi connectivity index (χ0n) is 22.0. The topological polar surface area (TPSA) is 35.5 Å². The fourth-order valence-corrected chi connectivity index (χ4v) is 5.23. The van der Waals surface area contributed by atoms with Crippen LogP contribution in [0.4, 0.5) is 0 Å². The van der Waals surface area contributed by atoms with Crippen LogP contribution in [0.1, 0.15) is 89.1 Å². The van der Waals surface area contributed by atoms with Crippen LogP contribution < -0.4 is 4.74 Å². The maximum Gasteiger partial charge on any atom is 0.303 e. The molecule has 0 heterocycles. The van der Waals surface area contributed by atoms with E-state index in [4.69, 9.17) is 9.47 Å². The third-order valence-corrected chi connectivity index (χ3v) is 7.65. The van der Waals surface area contributed by atoms with Crippen LogP contribution in [0, 0.1) is 13.8 Å². The van der Waals surface area contributed by atoms with E-state index >= 15 is 0 Å². The second kappa shape index (κ2) is 11.5. The molecule has 0 aliphatic rings. The van der Waals surface area contributed by atoms with Crippen molar-refractivity contribution >= 4 is 17.7 Å². The molecule has 0 unspecified atom stereocenters. The standard InChI is InChI=1S/C29H42O3S/c1-10-29(11-2,25-13-12-24(20(3)16-25)19-33-28(7,8)9)26-14-15-27(21(4)17-26)31-18-22(5)32-23(6)30/h12-17,22H,10-11,18-19H2,1-9H3/t22-/m0/s1. The largest absolute Gasteiger partial charge is 0.489 e. The second-order valence-corrected chi connectivity index (χ2v) is 11.8. The molecule has 2 rings (SSSR count). The summed E-state index contributed by atoms with van der Waals surface area (Å²) in [6.45, 7) is 19.3. The first kappa shape index (κ1) is 27.3. The van der Waals surface area contributed by atoms with Gasteiger partial charge in [0.1, 0.15) is 18.5 Å². The van der Waals surface area contributed by atoms with Crippen molar-refractivity contribution in [2.45, 2.75) is 97.2 Å². The van der Waals surface area contributed by atoms with Gasteiger partial charge in [-0.1, -0.05) is 65.0 Å².